The Morgan fingerprint density at radius 1 is 1.24 bits per heavy atom. The fraction of sp³-hybridized carbons (Fsp3) is 0. The second-order valence-corrected chi connectivity index (χ2v) is 4.79. The molecular formula is C15H11ClN4O. The van der Waals surface area contributed by atoms with Crippen molar-refractivity contribution < 1.29 is 4.79 Å². The second kappa shape index (κ2) is 5.76. The highest BCUT2D eigenvalue weighted by Crippen LogP contribution is 2.11. The van der Waals surface area contributed by atoms with Crippen LogP contribution in [0.2, 0.25) is 5.02 Å². The van der Waals surface area contributed by atoms with Crippen molar-refractivity contribution in [2.75, 3.05) is 5.32 Å². The van der Waals surface area contributed by atoms with E-state index in [2.05, 4.69) is 15.4 Å². The highest BCUT2D eigenvalue weighted by Gasteiger charge is 2.01. The Hall–Kier alpha value is -2.66. The third kappa shape index (κ3) is 3.27. The normalized spacial score (nSPS) is 11.1. The number of nitrogens with one attached hydrogen (secondary N) is 1. The SMILES string of the molecule is O=C(C=Cc1ccc(Cl)cc1)Nc1cnc2ccnn2c1. The van der Waals surface area contributed by atoms with Gasteiger partial charge in [-0.1, -0.05) is 23.7 Å². The zero-order valence-electron chi connectivity index (χ0n) is 10.9. The largest absolute Gasteiger partial charge is 0.320 e. The molecule has 2 heterocycles. The van der Waals surface area contributed by atoms with Crippen molar-refractivity contribution in [3.63, 3.8) is 0 Å². The first-order valence-corrected chi connectivity index (χ1v) is 6.62. The average molecular weight is 299 g/mol. The van der Waals surface area contributed by atoms with Gasteiger partial charge >= 0.3 is 0 Å². The summed E-state index contributed by atoms with van der Waals surface area (Å²) >= 11 is 5.80. The zero-order valence-corrected chi connectivity index (χ0v) is 11.7. The lowest BCUT2D eigenvalue weighted by Crippen LogP contribution is -2.09. The number of carbonyl (C=O) groups is 1. The maximum absolute atomic E-state index is 11.8. The summed E-state index contributed by atoms with van der Waals surface area (Å²) in [4.78, 5) is 16.0. The van der Waals surface area contributed by atoms with Crippen LogP contribution in [-0.2, 0) is 4.79 Å². The molecule has 21 heavy (non-hydrogen) atoms. The predicted molar refractivity (Wildman–Crippen MR) is 82.1 cm³/mol. The van der Waals surface area contributed by atoms with Crippen LogP contribution in [0.3, 0.4) is 0 Å². The summed E-state index contributed by atoms with van der Waals surface area (Å²) in [5.74, 6) is -0.238. The lowest BCUT2D eigenvalue weighted by Gasteiger charge is -2.02. The Kier molecular flexibility index (Phi) is 3.66. The smallest absolute Gasteiger partial charge is 0.248 e. The van der Waals surface area contributed by atoms with E-state index in [1.54, 1.807) is 47.4 Å². The van der Waals surface area contributed by atoms with Crippen LogP contribution in [-0.4, -0.2) is 20.5 Å². The molecule has 2 aromatic heterocycles. The number of aromatic nitrogens is 3. The number of anilines is 1. The minimum atomic E-state index is -0.238. The molecule has 5 nitrogen and oxygen atoms in total. The average Bonchev–Trinajstić information content (AvgIpc) is 2.94. The summed E-state index contributed by atoms with van der Waals surface area (Å²) in [5.41, 5.74) is 2.21. The summed E-state index contributed by atoms with van der Waals surface area (Å²) in [6.07, 6.45) is 8.11. The Balaban J connectivity index is 1.69. The summed E-state index contributed by atoms with van der Waals surface area (Å²) in [6.45, 7) is 0. The summed E-state index contributed by atoms with van der Waals surface area (Å²) < 4.78 is 1.60. The van der Waals surface area contributed by atoms with E-state index in [-0.39, 0.29) is 5.91 Å². The summed E-state index contributed by atoms with van der Waals surface area (Å²) in [5, 5.41) is 7.45. The van der Waals surface area contributed by atoms with Crippen molar-refractivity contribution in [2.24, 2.45) is 0 Å². The predicted octanol–water partition coefficient (Wildman–Crippen LogP) is 3.03. The third-order valence-corrected chi connectivity index (χ3v) is 3.06. The highest BCUT2D eigenvalue weighted by atomic mass is 35.5. The van der Waals surface area contributed by atoms with Crippen LogP contribution in [0, 0.1) is 0 Å². The van der Waals surface area contributed by atoms with E-state index in [4.69, 9.17) is 11.6 Å². The van der Waals surface area contributed by atoms with Crippen molar-refractivity contribution in [1.82, 2.24) is 14.6 Å². The van der Waals surface area contributed by atoms with Gasteiger partial charge in [0.1, 0.15) is 0 Å². The molecular weight excluding hydrogens is 288 g/mol. The van der Waals surface area contributed by atoms with Gasteiger partial charge in [0.15, 0.2) is 5.65 Å². The molecule has 0 unspecified atom stereocenters. The minimum Gasteiger partial charge on any atom is -0.320 e. The molecule has 0 fully saturated rings. The fourth-order valence-electron chi connectivity index (χ4n) is 1.80. The molecule has 0 aliphatic heterocycles. The first kappa shape index (κ1) is 13.3. The van der Waals surface area contributed by atoms with Gasteiger partial charge in [-0.25, -0.2) is 9.50 Å². The van der Waals surface area contributed by atoms with E-state index in [9.17, 15) is 4.79 Å². The van der Waals surface area contributed by atoms with Crippen molar-refractivity contribution >= 4 is 34.9 Å². The van der Waals surface area contributed by atoms with Gasteiger partial charge in [-0.3, -0.25) is 4.79 Å². The van der Waals surface area contributed by atoms with Crippen LogP contribution in [0.4, 0.5) is 5.69 Å². The van der Waals surface area contributed by atoms with Crippen LogP contribution >= 0.6 is 11.6 Å². The van der Waals surface area contributed by atoms with Gasteiger partial charge in [0.05, 0.1) is 24.3 Å². The maximum Gasteiger partial charge on any atom is 0.248 e. The Morgan fingerprint density at radius 2 is 2.05 bits per heavy atom. The van der Waals surface area contributed by atoms with Crippen molar-refractivity contribution in [3.8, 4) is 0 Å². The summed E-state index contributed by atoms with van der Waals surface area (Å²) in [7, 11) is 0. The van der Waals surface area contributed by atoms with Crippen LogP contribution < -0.4 is 5.32 Å². The monoisotopic (exact) mass is 298 g/mol. The fourth-order valence-corrected chi connectivity index (χ4v) is 1.93. The molecule has 0 bridgehead atoms. The number of nitrogens with zero attached hydrogens (tertiary/aromatic N) is 3. The number of benzene rings is 1. The van der Waals surface area contributed by atoms with Crippen molar-refractivity contribution in [2.45, 2.75) is 0 Å². The van der Waals surface area contributed by atoms with E-state index >= 15 is 0 Å². The first-order chi connectivity index (χ1) is 10.2. The lowest BCUT2D eigenvalue weighted by atomic mass is 10.2. The van der Waals surface area contributed by atoms with Crippen LogP contribution in [0.5, 0.6) is 0 Å². The number of hydrogen-bond acceptors (Lipinski definition) is 3. The number of hydrogen-bond donors (Lipinski definition) is 1. The summed E-state index contributed by atoms with van der Waals surface area (Å²) in [6, 6.07) is 9.00. The highest BCUT2D eigenvalue weighted by molar-refractivity contribution is 6.30. The van der Waals surface area contributed by atoms with Gasteiger partial charge in [0.2, 0.25) is 5.91 Å². The molecule has 1 aromatic carbocycles. The van der Waals surface area contributed by atoms with Crippen molar-refractivity contribution in [1.29, 1.82) is 0 Å². The maximum atomic E-state index is 11.8. The molecule has 3 rings (SSSR count). The van der Waals surface area contributed by atoms with Crippen molar-refractivity contribution in [3.05, 3.63) is 65.6 Å². The standard InChI is InChI=1S/C15H11ClN4O/c16-12-4-1-11(2-5-12)3-6-15(21)19-13-9-17-14-7-8-18-20(14)10-13/h1-10H,(H,19,21). The Labute approximate surface area is 125 Å². The molecule has 104 valence electrons. The van der Waals surface area contributed by atoms with Crippen LogP contribution in [0.1, 0.15) is 5.56 Å². The second-order valence-electron chi connectivity index (χ2n) is 4.35. The van der Waals surface area contributed by atoms with Gasteiger partial charge in [-0.2, -0.15) is 5.10 Å². The molecule has 6 heteroatoms. The zero-order chi connectivity index (χ0) is 14.7. The molecule has 1 N–H and O–H groups in total. The topological polar surface area (TPSA) is 59.3 Å². The third-order valence-electron chi connectivity index (χ3n) is 2.81. The van der Waals surface area contributed by atoms with E-state index < -0.39 is 0 Å². The lowest BCUT2D eigenvalue weighted by molar-refractivity contribution is -0.111. The molecule has 0 atom stereocenters. The van der Waals surface area contributed by atoms with Gasteiger partial charge in [0.25, 0.3) is 0 Å². The molecule has 1 amide bonds. The molecule has 0 aliphatic carbocycles. The number of amides is 1. The first-order valence-electron chi connectivity index (χ1n) is 6.25. The molecule has 0 spiro atoms. The van der Waals surface area contributed by atoms with E-state index in [1.165, 1.54) is 6.08 Å². The Morgan fingerprint density at radius 3 is 2.86 bits per heavy atom. The van der Waals surface area contributed by atoms with Crippen LogP contribution in [0.15, 0.2) is 55.0 Å². The molecule has 0 saturated heterocycles. The van der Waals surface area contributed by atoms with E-state index in [0.29, 0.717) is 10.7 Å². The number of halogens is 1. The van der Waals surface area contributed by atoms with Gasteiger partial charge in [0, 0.05) is 17.2 Å². The Bertz CT molecular complexity index is 808. The molecule has 0 aliphatic rings. The quantitative estimate of drug-likeness (QED) is 0.756. The van der Waals surface area contributed by atoms with Crippen LogP contribution in [0.25, 0.3) is 11.7 Å². The number of carbonyl (C=O) groups excluding carboxylic acids is 1. The molecule has 3 aromatic rings. The number of fused-ring (bicyclic) bond motifs is 1. The van der Waals surface area contributed by atoms with Gasteiger partial charge < -0.3 is 5.32 Å². The minimum absolute atomic E-state index is 0.238. The van der Waals surface area contributed by atoms with Gasteiger partial charge in [-0.15, -0.1) is 0 Å². The molecule has 0 radical (unpaired) electrons. The number of rotatable bonds is 3. The van der Waals surface area contributed by atoms with E-state index in [1.807, 2.05) is 12.1 Å². The molecule has 0 saturated carbocycles. The van der Waals surface area contributed by atoms with E-state index in [0.717, 1.165) is 11.2 Å². The van der Waals surface area contributed by atoms with Gasteiger partial charge in [-0.05, 0) is 23.8 Å².